The third kappa shape index (κ3) is 4.95. The molecule has 168 valence electrons. The van der Waals surface area contributed by atoms with Gasteiger partial charge in [0.1, 0.15) is 6.04 Å². The Kier molecular flexibility index (Phi) is 8.03. The Morgan fingerprint density at radius 2 is 1.87 bits per heavy atom. The zero-order valence-corrected chi connectivity index (χ0v) is 19.3. The average Bonchev–Trinajstić information content (AvgIpc) is 2.77. The van der Waals surface area contributed by atoms with Crippen LogP contribution in [0.15, 0.2) is 23.1 Å². The molecule has 0 saturated carbocycles. The van der Waals surface area contributed by atoms with Crippen LogP contribution in [-0.4, -0.2) is 74.1 Å². The third-order valence-electron chi connectivity index (χ3n) is 5.88. The standard InChI is InChI=1S/C20H28Cl2N2O5S/c1-29-8-3-2-7-23-12-14(13-25)18-5-4-6-19(20(23)26)24(18)30(27,28)17-10-15(21)9-16(22)11-17/h9-11,14,18-19,25H,2-8,12-13H2,1H3/t14-,18+,19?/m1/s1. The maximum atomic E-state index is 13.6. The van der Waals surface area contributed by atoms with Crippen molar-refractivity contribution in [3.63, 3.8) is 0 Å². The molecule has 2 aliphatic heterocycles. The molecule has 3 rings (SSSR count). The number of sulfonamides is 1. The van der Waals surface area contributed by atoms with Crippen LogP contribution < -0.4 is 0 Å². The molecule has 1 N–H and O–H groups in total. The first-order valence-corrected chi connectivity index (χ1v) is 12.4. The molecule has 2 bridgehead atoms. The lowest BCUT2D eigenvalue weighted by Gasteiger charge is -2.40. The minimum absolute atomic E-state index is 0.0325. The number of hydrogen-bond donors (Lipinski definition) is 1. The van der Waals surface area contributed by atoms with Gasteiger partial charge in [0, 0.05) is 55.4 Å². The molecule has 3 atom stereocenters. The number of methoxy groups -OCH3 is 1. The summed E-state index contributed by atoms with van der Waals surface area (Å²) < 4.78 is 33.6. The monoisotopic (exact) mass is 478 g/mol. The van der Waals surface area contributed by atoms with Crippen molar-refractivity contribution in [3.05, 3.63) is 28.2 Å². The Bertz CT molecular complexity index is 847. The van der Waals surface area contributed by atoms with Crippen LogP contribution in [0.4, 0.5) is 0 Å². The normalized spacial score (nSPS) is 25.4. The number of benzene rings is 1. The lowest BCUT2D eigenvalue weighted by molar-refractivity contribution is -0.135. The molecular weight excluding hydrogens is 451 g/mol. The number of halogens is 2. The molecule has 30 heavy (non-hydrogen) atoms. The smallest absolute Gasteiger partial charge is 0.244 e. The van der Waals surface area contributed by atoms with Crippen LogP contribution in [0.2, 0.25) is 10.0 Å². The van der Waals surface area contributed by atoms with Crippen molar-refractivity contribution in [1.29, 1.82) is 0 Å². The van der Waals surface area contributed by atoms with E-state index in [9.17, 15) is 18.3 Å². The number of piperidine rings is 1. The minimum Gasteiger partial charge on any atom is -0.396 e. The van der Waals surface area contributed by atoms with Crippen LogP contribution in [0.5, 0.6) is 0 Å². The maximum Gasteiger partial charge on any atom is 0.244 e. The second-order valence-electron chi connectivity index (χ2n) is 7.88. The predicted molar refractivity (Wildman–Crippen MR) is 115 cm³/mol. The van der Waals surface area contributed by atoms with Crippen LogP contribution in [0.1, 0.15) is 32.1 Å². The number of unbranched alkanes of at least 4 members (excludes halogenated alkanes) is 1. The number of amides is 1. The van der Waals surface area contributed by atoms with Crippen molar-refractivity contribution < 1.29 is 23.1 Å². The summed E-state index contributed by atoms with van der Waals surface area (Å²) in [5, 5.41) is 10.5. The van der Waals surface area contributed by atoms with E-state index in [2.05, 4.69) is 0 Å². The van der Waals surface area contributed by atoms with E-state index < -0.39 is 22.1 Å². The van der Waals surface area contributed by atoms with E-state index >= 15 is 0 Å². The van der Waals surface area contributed by atoms with E-state index in [1.165, 1.54) is 22.5 Å². The Hall–Kier alpha value is -0.900. The molecule has 1 aromatic rings. The lowest BCUT2D eigenvalue weighted by atomic mass is 9.91. The molecule has 2 fully saturated rings. The lowest BCUT2D eigenvalue weighted by Crippen LogP contribution is -2.55. The minimum atomic E-state index is -4.03. The fourth-order valence-electron chi connectivity index (χ4n) is 4.46. The van der Waals surface area contributed by atoms with Crippen LogP contribution in [-0.2, 0) is 19.6 Å². The highest BCUT2D eigenvalue weighted by atomic mass is 35.5. The molecule has 1 amide bonds. The average molecular weight is 479 g/mol. The number of fused-ring (bicyclic) bond motifs is 2. The van der Waals surface area contributed by atoms with E-state index in [0.717, 1.165) is 19.3 Å². The quantitative estimate of drug-likeness (QED) is 0.580. The third-order valence-corrected chi connectivity index (χ3v) is 8.23. The van der Waals surface area contributed by atoms with Gasteiger partial charge in [-0.05, 0) is 50.3 Å². The van der Waals surface area contributed by atoms with Gasteiger partial charge >= 0.3 is 0 Å². The summed E-state index contributed by atoms with van der Waals surface area (Å²) >= 11 is 12.1. The molecule has 2 aliphatic rings. The number of aliphatic hydroxyl groups excluding tert-OH is 1. The van der Waals surface area contributed by atoms with E-state index in [1.807, 2.05) is 0 Å². The molecule has 0 radical (unpaired) electrons. The van der Waals surface area contributed by atoms with Crippen LogP contribution in [0, 0.1) is 5.92 Å². The Balaban J connectivity index is 1.96. The van der Waals surface area contributed by atoms with Crippen LogP contribution in [0.3, 0.4) is 0 Å². The summed E-state index contributed by atoms with van der Waals surface area (Å²) in [6.45, 7) is 1.26. The summed E-state index contributed by atoms with van der Waals surface area (Å²) in [6, 6.07) is 2.93. The summed E-state index contributed by atoms with van der Waals surface area (Å²) in [5.41, 5.74) is 0. The Morgan fingerprint density at radius 3 is 2.50 bits per heavy atom. The van der Waals surface area contributed by atoms with Gasteiger partial charge in [-0.15, -0.1) is 0 Å². The molecule has 1 unspecified atom stereocenters. The molecule has 1 aromatic carbocycles. The van der Waals surface area contributed by atoms with Crippen LogP contribution >= 0.6 is 23.2 Å². The summed E-state index contributed by atoms with van der Waals surface area (Å²) in [7, 11) is -2.40. The molecule has 0 aromatic heterocycles. The van der Waals surface area contributed by atoms with E-state index in [1.54, 1.807) is 12.0 Å². The molecule has 2 saturated heterocycles. The van der Waals surface area contributed by atoms with Crippen molar-refractivity contribution in [2.24, 2.45) is 5.92 Å². The van der Waals surface area contributed by atoms with Gasteiger partial charge in [0.05, 0.1) is 4.90 Å². The zero-order chi connectivity index (χ0) is 21.9. The Morgan fingerprint density at radius 1 is 1.17 bits per heavy atom. The molecule has 7 nitrogen and oxygen atoms in total. The molecule has 0 aliphatic carbocycles. The topological polar surface area (TPSA) is 87.2 Å². The van der Waals surface area contributed by atoms with E-state index in [0.29, 0.717) is 32.5 Å². The molecular formula is C20H28Cl2N2O5S. The highest BCUT2D eigenvalue weighted by molar-refractivity contribution is 7.89. The predicted octanol–water partition coefficient (Wildman–Crippen LogP) is 2.78. The van der Waals surface area contributed by atoms with Gasteiger partial charge < -0.3 is 14.7 Å². The van der Waals surface area contributed by atoms with Crippen molar-refractivity contribution in [1.82, 2.24) is 9.21 Å². The van der Waals surface area contributed by atoms with Gasteiger partial charge in [-0.1, -0.05) is 23.2 Å². The maximum absolute atomic E-state index is 13.6. The van der Waals surface area contributed by atoms with Gasteiger partial charge in [-0.3, -0.25) is 4.79 Å². The summed E-state index contributed by atoms with van der Waals surface area (Å²) in [5.74, 6) is -0.559. The number of rotatable bonds is 8. The van der Waals surface area contributed by atoms with Gasteiger partial charge in [0.2, 0.25) is 15.9 Å². The van der Waals surface area contributed by atoms with E-state index in [4.69, 9.17) is 27.9 Å². The van der Waals surface area contributed by atoms with Gasteiger partial charge in [-0.2, -0.15) is 4.31 Å². The van der Waals surface area contributed by atoms with Gasteiger partial charge in [0.15, 0.2) is 0 Å². The second-order valence-corrected chi connectivity index (χ2v) is 10.6. The first-order chi connectivity index (χ1) is 14.3. The number of ether oxygens (including phenoxy) is 1. The van der Waals surface area contributed by atoms with Crippen molar-refractivity contribution in [2.45, 2.75) is 49.1 Å². The molecule has 2 heterocycles. The fourth-order valence-corrected chi connectivity index (χ4v) is 7.08. The van der Waals surface area contributed by atoms with Gasteiger partial charge in [0.25, 0.3) is 0 Å². The second kappa shape index (κ2) is 10.1. The van der Waals surface area contributed by atoms with Crippen molar-refractivity contribution >= 4 is 39.1 Å². The highest BCUT2D eigenvalue weighted by Crippen LogP contribution is 2.38. The van der Waals surface area contributed by atoms with Gasteiger partial charge in [-0.25, -0.2) is 8.42 Å². The number of nitrogens with zero attached hydrogens (tertiary/aromatic N) is 2. The van der Waals surface area contributed by atoms with Crippen LogP contribution in [0.25, 0.3) is 0 Å². The van der Waals surface area contributed by atoms with E-state index in [-0.39, 0.29) is 33.4 Å². The number of hydrogen-bond acceptors (Lipinski definition) is 5. The highest BCUT2D eigenvalue weighted by Gasteiger charge is 2.49. The SMILES string of the molecule is COCCCCN1C[C@H](CO)[C@@H]2CCCC(C1=O)N2S(=O)(=O)c1cc(Cl)cc(Cl)c1. The number of aliphatic hydroxyl groups is 1. The van der Waals surface area contributed by atoms with Crippen molar-refractivity contribution in [3.8, 4) is 0 Å². The largest absolute Gasteiger partial charge is 0.396 e. The Labute approximate surface area is 187 Å². The first kappa shape index (κ1) is 23.8. The summed E-state index contributed by atoms with van der Waals surface area (Å²) in [6.07, 6.45) is 3.35. The number of carbonyl (C=O) groups is 1. The van der Waals surface area contributed by atoms with Crippen molar-refractivity contribution in [2.75, 3.05) is 33.4 Å². The zero-order valence-electron chi connectivity index (χ0n) is 17.0. The molecule has 10 heteroatoms. The fraction of sp³-hybridized carbons (Fsp3) is 0.650. The first-order valence-electron chi connectivity index (χ1n) is 10.2. The molecule has 0 spiro atoms. The summed E-state index contributed by atoms with van der Waals surface area (Å²) in [4.78, 5) is 15.0. The number of carbonyl (C=O) groups excluding carboxylic acids is 1.